The monoisotopic (exact) mass is 339 g/mol. The molecule has 0 N–H and O–H groups in total. The van der Waals surface area contributed by atoms with E-state index in [1.165, 1.54) is 18.1 Å². The normalized spacial score (nSPS) is 10.4. The lowest BCUT2D eigenvalue weighted by atomic mass is 10.2. The summed E-state index contributed by atoms with van der Waals surface area (Å²) in [5.74, 6) is 0.167. The van der Waals surface area contributed by atoms with Gasteiger partial charge in [0, 0.05) is 17.0 Å². The van der Waals surface area contributed by atoms with Crippen molar-refractivity contribution in [1.29, 1.82) is 0 Å². The molecule has 6 heteroatoms. The van der Waals surface area contributed by atoms with Crippen LogP contribution >= 0.6 is 23.4 Å². The lowest BCUT2D eigenvalue weighted by Gasteiger charge is -2.20. The summed E-state index contributed by atoms with van der Waals surface area (Å²) in [7, 11) is 3.16. The molecule has 0 radical (unpaired) electrons. The lowest BCUT2D eigenvalue weighted by Crippen LogP contribution is -2.28. The molecule has 0 spiro atoms. The van der Waals surface area contributed by atoms with E-state index in [1.807, 2.05) is 0 Å². The second kappa shape index (κ2) is 7.51. The fraction of sp³-hybridized carbons (Fsp3) is 0.188. The van der Waals surface area contributed by atoms with Gasteiger partial charge >= 0.3 is 0 Å². The third-order valence-corrected chi connectivity index (χ3v) is 4.33. The molecular weight excluding hydrogens is 325 g/mol. The van der Waals surface area contributed by atoms with Gasteiger partial charge in [0.1, 0.15) is 11.6 Å². The Morgan fingerprint density at radius 3 is 2.73 bits per heavy atom. The fourth-order valence-electron chi connectivity index (χ4n) is 1.86. The molecular formula is C16H15ClFNO2S. The molecule has 0 atom stereocenters. The predicted molar refractivity (Wildman–Crippen MR) is 88.5 cm³/mol. The standard InChI is InChI=1S/C16H15ClFNO2S/c1-19(13-9-11(17)7-8-14(13)21-2)16(20)10-22-15-6-4-3-5-12(15)18/h3-9H,10H2,1-2H3. The molecule has 0 fully saturated rings. The Morgan fingerprint density at radius 2 is 2.05 bits per heavy atom. The zero-order chi connectivity index (χ0) is 16.1. The maximum Gasteiger partial charge on any atom is 0.237 e. The predicted octanol–water partition coefficient (Wildman–Crippen LogP) is 4.24. The molecule has 0 aliphatic carbocycles. The van der Waals surface area contributed by atoms with Crippen LogP contribution in [0.3, 0.4) is 0 Å². The van der Waals surface area contributed by atoms with Gasteiger partial charge in [0.25, 0.3) is 0 Å². The van der Waals surface area contributed by atoms with E-state index in [-0.39, 0.29) is 17.5 Å². The minimum atomic E-state index is -0.330. The number of amides is 1. The number of halogens is 2. The van der Waals surface area contributed by atoms with Crippen molar-refractivity contribution in [3.8, 4) is 5.75 Å². The summed E-state index contributed by atoms with van der Waals surface area (Å²) >= 11 is 7.12. The highest BCUT2D eigenvalue weighted by atomic mass is 35.5. The van der Waals surface area contributed by atoms with Crippen molar-refractivity contribution in [3.05, 3.63) is 53.3 Å². The topological polar surface area (TPSA) is 29.5 Å². The summed E-state index contributed by atoms with van der Waals surface area (Å²) in [6, 6.07) is 11.4. The number of carbonyl (C=O) groups is 1. The minimum absolute atomic E-state index is 0.118. The Balaban J connectivity index is 2.10. The first kappa shape index (κ1) is 16.6. The Kier molecular flexibility index (Phi) is 5.69. The molecule has 1 amide bonds. The van der Waals surface area contributed by atoms with Crippen molar-refractivity contribution in [1.82, 2.24) is 0 Å². The number of rotatable bonds is 5. The summed E-state index contributed by atoms with van der Waals surface area (Å²) in [6.07, 6.45) is 0. The van der Waals surface area contributed by atoms with Crippen molar-refractivity contribution < 1.29 is 13.9 Å². The zero-order valence-corrected chi connectivity index (χ0v) is 13.7. The van der Waals surface area contributed by atoms with Gasteiger partial charge in [-0.2, -0.15) is 0 Å². The van der Waals surface area contributed by atoms with E-state index in [9.17, 15) is 9.18 Å². The molecule has 3 nitrogen and oxygen atoms in total. The average Bonchev–Trinajstić information content (AvgIpc) is 2.53. The highest BCUT2D eigenvalue weighted by molar-refractivity contribution is 8.00. The average molecular weight is 340 g/mol. The molecule has 2 aromatic carbocycles. The van der Waals surface area contributed by atoms with Gasteiger partial charge in [0.15, 0.2) is 0 Å². The van der Waals surface area contributed by atoms with Gasteiger partial charge in [-0.05, 0) is 30.3 Å². The molecule has 2 rings (SSSR count). The van der Waals surface area contributed by atoms with E-state index in [2.05, 4.69) is 0 Å². The lowest BCUT2D eigenvalue weighted by molar-refractivity contribution is -0.115. The van der Waals surface area contributed by atoms with Crippen LogP contribution in [0.2, 0.25) is 5.02 Å². The summed E-state index contributed by atoms with van der Waals surface area (Å²) in [4.78, 5) is 14.2. The van der Waals surface area contributed by atoms with Crippen LogP contribution in [0.4, 0.5) is 10.1 Å². The largest absolute Gasteiger partial charge is 0.495 e. The van der Waals surface area contributed by atoms with Crippen molar-refractivity contribution >= 4 is 35.0 Å². The first-order valence-electron chi connectivity index (χ1n) is 6.50. The van der Waals surface area contributed by atoms with Crippen molar-refractivity contribution in [2.45, 2.75) is 4.90 Å². The second-order valence-electron chi connectivity index (χ2n) is 4.49. The summed E-state index contributed by atoms with van der Waals surface area (Å²) in [6.45, 7) is 0. The Morgan fingerprint density at radius 1 is 1.32 bits per heavy atom. The Bertz CT molecular complexity index is 681. The third kappa shape index (κ3) is 3.93. The van der Waals surface area contributed by atoms with Crippen LogP contribution in [0.15, 0.2) is 47.4 Å². The summed E-state index contributed by atoms with van der Waals surface area (Å²) < 4.78 is 18.8. The molecule has 0 aliphatic rings. The number of thioether (sulfide) groups is 1. The SMILES string of the molecule is COc1ccc(Cl)cc1N(C)C(=O)CSc1ccccc1F. The Hall–Kier alpha value is -1.72. The maximum atomic E-state index is 13.6. The van der Waals surface area contributed by atoms with E-state index in [0.29, 0.717) is 21.4 Å². The van der Waals surface area contributed by atoms with Gasteiger partial charge in [-0.3, -0.25) is 4.79 Å². The number of methoxy groups -OCH3 is 1. The van der Waals surface area contributed by atoms with E-state index < -0.39 is 0 Å². The van der Waals surface area contributed by atoms with E-state index in [1.54, 1.807) is 43.4 Å². The number of ether oxygens (including phenoxy) is 1. The highest BCUT2D eigenvalue weighted by Crippen LogP contribution is 2.31. The molecule has 0 aliphatic heterocycles. The molecule has 2 aromatic rings. The molecule has 116 valence electrons. The zero-order valence-electron chi connectivity index (χ0n) is 12.2. The summed E-state index contributed by atoms with van der Waals surface area (Å²) in [5.41, 5.74) is 0.578. The number of hydrogen-bond donors (Lipinski definition) is 0. The molecule has 22 heavy (non-hydrogen) atoms. The van der Waals surface area contributed by atoms with Gasteiger partial charge in [0.2, 0.25) is 5.91 Å². The van der Waals surface area contributed by atoms with Crippen molar-refractivity contribution in [3.63, 3.8) is 0 Å². The van der Waals surface area contributed by atoms with Crippen molar-refractivity contribution in [2.24, 2.45) is 0 Å². The fourth-order valence-corrected chi connectivity index (χ4v) is 2.88. The first-order valence-corrected chi connectivity index (χ1v) is 7.86. The van der Waals surface area contributed by atoms with Crippen LogP contribution in [0.1, 0.15) is 0 Å². The van der Waals surface area contributed by atoms with Crippen LogP contribution in [0.5, 0.6) is 5.75 Å². The van der Waals surface area contributed by atoms with Gasteiger partial charge in [0.05, 0.1) is 18.6 Å². The molecule has 0 aromatic heterocycles. The smallest absolute Gasteiger partial charge is 0.237 e. The van der Waals surface area contributed by atoms with Crippen LogP contribution in [-0.4, -0.2) is 25.8 Å². The van der Waals surface area contributed by atoms with E-state index in [0.717, 1.165) is 11.8 Å². The number of hydrogen-bond acceptors (Lipinski definition) is 3. The van der Waals surface area contributed by atoms with Gasteiger partial charge in [-0.15, -0.1) is 11.8 Å². The van der Waals surface area contributed by atoms with Gasteiger partial charge in [-0.1, -0.05) is 23.7 Å². The van der Waals surface area contributed by atoms with Crippen LogP contribution in [0, 0.1) is 5.82 Å². The van der Waals surface area contributed by atoms with Crippen LogP contribution in [-0.2, 0) is 4.79 Å². The van der Waals surface area contributed by atoms with Crippen LogP contribution < -0.4 is 9.64 Å². The quantitative estimate of drug-likeness (QED) is 0.763. The molecule has 0 bridgehead atoms. The maximum absolute atomic E-state index is 13.6. The molecule has 0 unspecified atom stereocenters. The number of nitrogens with zero attached hydrogens (tertiary/aromatic N) is 1. The number of benzene rings is 2. The Labute approximate surface area is 138 Å². The summed E-state index contributed by atoms with van der Waals surface area (Å²) in [5, 5.41) is 0.511. The van der Waals surface area contributed by atoms with E-state index in [4.69, 9.17) is 16.3 Å². The first-order chi connectivity index (χ1) is 10.5. The number of anilines is 1. The van der Waals surface area contributed by atoms with Gasteiger partial charge < -0.3 is 9.64 Å². The number of carbonyl (C=O) groups excluding carboxylic acids is 1. The van der Waals surface area contributed by atoms with Crippen LogP contribution in [0.25, 0.3) is 0 Å². The minimum Gasteiger partial charge on any atom is -0.495 e. The third-order valence-electron chi connectivity index (χ3n) is 3.06. The molecule has 0 heterocycles. The highest BCUT2D eigenvalue weighted by Gasteiger charge is 2.16. The molecule has 0 saturated heterocycles. The molecule has 0 saturated carbocycles. The second-order valence-corrected chi connectivity index (χ2v) is 5.94. The van der Waals surface area contributed by atoms with E-state index >= 15 is 0 Å². The van der Waals surface area contributed by atoms with Gasteiger partial charge in [-0.25, -0.2) is 4.39 Å². The van der Waals surface area contributed by atoms with Crippen molar-refractivity contribution in [2.75, 3.05) is 24.8 Å².